The van der Waals surface area contributed by atoms with E-state index >= 15 is 0 Å². The third-order valence-corrected chi connectivity index (χ3v) is 4.86. The van der Waals surface area contributed by atoms with Crippen LogP contribution in [0.1, 0.15) is 29.0 Å². The molecule has 0 unspecified atom stereocenters. The quantitative estimate of drug-likeness (QED) is 0.724. The molecule has 0 aliphatic heterocycles. The zero-order valence-electron chi connectivity index (χ0n) is 13.7. The summed E-state index contributed by atoms with van der Waals surface area (Å²) in [5.41, 5.74) is 0.736. The number of hydrogen-bond acceptors (Lipinski definition) is 2. The average Bonchev–Trinajstić information content (AvgIpc) is 2.60. The molecule has 1 amide bonds. The lowest BCUT2D eigenvalue weighted by molar-refractivity contribution is 0.0736. The molecule has 1 atom stereocenters. The van der Waals surface area contributed by atoms with E-state index in [2.05, 4.69) is 4.98 Å². The van der Waals surface area contributed by atoms with Gasteiger partial charge in [0.25, 0.3) is 11.5 Å². The van der Waals surface area contributed by atoms with E-state index in [4.69, 9.17) is 23.2 Å². The number of fused-ring (bicyclic) bond motifs is 1. The predicted molar refractivity (Wildman–Crippen MR) is 102 cm³/mol. The summed E-state index contributed by atoms with van der Waals surface area (Å²) < 4.78 is 0. The molecule has 3 rings (SSSR count). The minimum absolute atomic E-state index is 0.239. The number of nitrogens with zero attached hydrogens (tertiary/aromatic N) is 1. The molecule has 1 N–H and O–H groups in total. The number of aromatic amines is 1. The molecule has 4 nitrogen and oxygen atoms in total. The van der Waals surface area contributed by atoms with Crippen molar-refractivity contribution >= 4 is 39.9 Å². The predicted octanol–water partition coefficient (Wildman–Crippen LogP) is 4.67. The number of rotatable bonds is 3. The van der Waals surface area contributed by atoms with Crippen LogP contribution in [0.5, 0.6) is 0 Å². The normalized spacial score (nSPS) is 12.2. The van der Waals surface area contributed by atoms with Gasteiger partial charge in [0.2, 0.25) is 0 Å². The lowest BCUT2D eigenvalue weighted by Gasteiger charge is -2.26. The highest BCUT2D eigenvalue weighted by molar-refractivity contribution is 6.35. The van der Waals surface area contributed by atoms with Gasteiger partial charge >= 0.3 is 0 Å². The lowest BCUT2D eigenvalue weighted by Crippen LogP contribution is -2.31. The first-order valence-electron chi connectivity index (χ1n) is 7.72. The van der Waals surface area contributed by atoms with E-state index in [1.165, 1.54) is 4.90 Å². The summed E-state index contributed by atoms with van der Waals surface area (Å²) in [6.45, 7) is 1.87. The number of aromatic nitrogens is 1. The molecule has 0 saturated heterocycles. The van der Waals surface area contributed by atoms with Crippen LogP contribution in [0.2, 0.25) is 10.0 Å². The average molecular weight is 375 g/mol. The van der Waals surface area contributed by atoms with Crippen LogP contribution >= 0.6 is 23.2 Å². The van der Waals surface area contributed by atoms with Crippen molar-refractivity contribution in [2.45, 2.75) is 13.0 Å². The van der Waals surface area contributed by atoms with Gasteiger partial charge in [0, 0.05) is 22.5 Å². The highest BCUT2D eigenvalue weighted by atomic mass is 35.5. The molecule has 0 spiro atoms. The minimum atomic E-state index is -0.290. The Hall–Kier alpha value is -2.30. The third kappa shape index (κ3) is 3.41. The second-order valence-corrected chi connectivity index (χ2v) is 6.70. The van der Waals surface area contributed by atoms with E-state index in [9.17, 15) is 9.59 Å². The largest absolute Gasteiger partial charge is 0.334 e. The number of halogens is 2. The number of amides is 1. The second kappa shape index (κ2) is 6.90. The summed E-state index contributed by atoms with van der Waals surface area (Å²) in [6, 6.07) is 13.7. The Balaban J connectivity index is 1.96. The van der Waals surface area contributed by atoms with Crippen molar-refractivity contribution in [1.29, 1.82) is 0 Å². The van der Waals surface area contributed by atoms with Gasteiger partial charge in [-0.1, -0.05) is 47.5 Å². The van der Waals surface area contributed by atoms with Gasteiger partial charge in [-0.15, -0.1) is 0 Å². The molecule has 6 heteroatoms. The van der Waals surface area contributed by atoms with Crippen LogP contribution in [0.15, 0.2) is 53.3 Å². The first-order valence-corrected chi connectivity index (χ1v) is 8.48. The van der Waals surface area contributed by atoms with Gasteiger partial charge in [-0.3, -0.25) is 9.59 Å². The number of hydrogen-bond donors (Lipinski definition) is 1. The van der Waals surface area contributed by atoms with Crippen molar-refractivity contribution < 1.29 is 4.79 Å². The molecule has 0 saturated carbocycles. The smallest absolute Gasteiger partial charge is 0.270 e. The van der Waals surface area contributed by atoms with Crippen LogP contribution in [0.3, 0.4) is 0 Å². The lowest BCUT2D eigenvalue weighted by atomic mass is 10.1. The number of benzene rings is 2. The molecule has 25 heavy (non-hydrogen) atoms. The van der Waals surface area contributed by atoms with E-state index in [1.54, 1.807) is 49.5 Å². The van der Waals surface area contributed by atoms with Gasteiger partial charge in [-0.05, 0) is 42.1 Å². The van der Waals surface area contributed by atoms with Crippen molar-refractivity contribution in [3.8, 4) is 0 Å². The molecule has 0 aliphatic carbocycles. The highest BCUT2D eigenvalue weighted by Gasteiger charge is 2.22. The zero-order chi connectivity index (χ0) is 18.1. The van der Waals surface area contributed by atoms with Gasteiger partial charge in [-0.25, -0.2) is 0 Å². The Morgan fingerprint density at radius 3 is 2.56 bits per heavy atom. The summed E-state index contributed by atoms with van der Waals surface area (Å²) in [5, 5.41) is 2.30. The Morgan fingerprint density at radius 1 is 1.12 bits per heavy atom. The maximum Gasteiger partial charge on any atom is 0.270 e. The molecular weight excluding hydrogens is 359 g/mol. The van der Waals surface area contributed by atoms with Crippen LogP contribution in [-0.4, -0.2) is 22.8 Å². The molecule has 0 radical (unpaired) electrons. The molecule has 3 aromatic rings. The van der Waals surface area contributed by atoms with Crippen molar-refractivity contribution in [3.63, 3.8) is 0 Å². The molecule has 128 valence electrons. The number of carbonyl (C=O) groups excluding carboxylic acids is 1. The summed E-state index contributed by atoms with van der Waals surface area (Å²) in [7, 11) is 1.67. The highest BCUT2D eigenvalue weighted by Crippen LogP contribution is 2.29. The number of nitrogens with one attached hydrogen (secondary N) is 1. The molecule has 1 heterocycles. The van der Waals surface area contributed by atoms with Crippen molar-refractivity contribution in [1.82, 2.24) is 9.88 Å². The van der Waals surface area contributed by atoms with Gasteiger partial charge in [0.05, 0.1) is 6.04 Å². The minimum Gasteiger partial charge on any atom is -0.334 e. The Kier molecular flexibility index (Phi) is 4.84. The van der Waals surface area contributed by atoms with Gasteiger partial charge in [0.15, 0.2) is 0 Å². The molecule has 1 aromatic heterocycles. The summed E-state index contributed by atoms with van der Waals surface area (Å²) >= 11 is 12.2. The van der Waals surface area contributed by atoms with Crippen LogP contribution in [0.25, 0.3) is 10.8 Å². The van der Waals surface area contributed by atoms with E-state index in [-0.39, 0.29) is 23.2 Å². The fourth-order valence-corrected chi connectivity index (χ4v) is 3.31. The third-order valence-electron chi connectivity index (χ3n) is 4.30. The summed E-state index contributed by atoms with van der Waals surface area (Å²) in [4.78, 5) is 29.2. The van der Waals surface area contributed by atoms with E-state index < -0.39 is 0 Å². The number of carbonyl (C=O) groups is 1. The molecule has 2 aromatic carbocycles. The zero-order valence-corrected chi connectivity index (χ0v) is 15.2. The maximum atomic E-state index is 12.8. The molecule has 0 aliphatic rings. The monoisotopic (exact) mass is 374 g/mol. The summed E-state index contributed by atoms with van der Waals surface area (Å²) in [6.07, 6.45) is 0. The maximum absolute atomic E-state index is 12.8. The van der Waals surface area contributed by atoms with Crippen LogP contribution in [0.4, 0.5) is 0 Å². The molecule has 0 fully saturated rings. The molecular formula is C19H16Cl2N2O2. The number of pyridine rings is 1. The standard InChI is InChI=1S/C19H16Cl2N2O2/c1-11(14-8-7-13(20)10-16(14)21)23(2)19(25)17-9-12-5-3-4-6-15(12)18(24)22-17/h3-11H,1-2H3,(H,22,24)/t11-/m0/s1. The fourth-order valence-electron chi connectivity index (χ4n) is 2.74. The fraction of sp³-hybridized carbons (Fsp3) is 0.158. The Labute approximate surface area is 155 Å². The van der Waals surface area contributed by atoms with Crippen LogP contribution in [-0.2, 0) is 0 Å². The topological polar surface area (TPSA) is 53.2 Å². The first kappa shape index (κ1) is 17.5. The van der Waals surface area contributed by atoms with Crippen molar-refractivity contribution in [2.75, 3.05) is 7.05 Å². The van der Waals surface area contributed by atoms with E-state index in [1.807, 2.05) is 13.0 Å². The Morgan fingerprint density at radius 2 is 1.84 bits per heavy atom. The van der Waals surface area contributed by atoms with Gasteiger partial charge < -0.3 is 9.88 Å². The van der Waals surface area contributed by atoms with E-state index in [0.717, 1.165) is 10.9 Å². The summed E-state index contributed by atoms with van der Waals surface area (Å²) in [5.74, 6) is -0.290. The van der Waals surface area contributed by atoms with Crippen molar-refractivity contribution in [3.05, 3.63) is 80.2 Å². The molecule has 0 bridgehead atoms. The SMILES string of the molecule is C[C@@H](c1ccc(Cl)cc1Cl)N(C)C(=O)c1cc2ccccc2c(=O)[nH]1. The van der Waals surface area contributed by atoms with Crippen LogP contribution in [0, 0.1) is 0 Å². The van der Waals surface area contributed by atoms with Crippen LogP contribution < -0.4 is 5.56 Å². The van der Waals surface area contributed by atoms with Gasteiger partial charge in [-0.2, -0.15) is 0 Å². The second-order valence-electron chi connectivity index (χ2n) is 5.86. The van der Waals surface area contributed by atoms with Gasteiger partial charge in [0.1, 0.15) is 5.69 Å². The van der Waals surface area contributed by atoms with E-state index in [0.29, 0.717) is 15.4 Å². The van der Waals surface area contributed by atoms with Crippen molar-refractivity contribution in [2.24, 2.45) is 0 Å². The first-order chi connectivity index (χ1) is 11.9. The Bertz CT molecular complexity index is 1010. The number of H-pyrrole nitrogens is 1.